The highest BCUT2D eigenvalue weighted by molar-refractivity contribution is 7.80. The predicted octanol–water partition coefficient (Wildman–Crippen LogP) is 7.11. The Morgan fingerprint density at radius 2 is 1.52 bits per heavy atom. The van der Waals surface area contributed by atoms with Crippen molar-refractivity contribution in [2.45, 2.75) is 6.92 Å². The highest BCUT2D eigenvalue weighted by atomic mass is 32.1. The van der Waals surface area contributed by atoms with E-state index in [0.717, 1.165) is 21.8 Å². The highest BCUT2D eigenvalue weighted by Gasteiger charge is 2.24. The van der Waals surface area contributed by atoms with Crippen molar-refractivity contribution in [3.05, 3.63) is 95.4 Å². The molecule has 0 aliphatic heterocycles. The zero-order valence-corrected chi connectivity index (χ0v) is 19.8. The smallest absolute Gasteiger partial charge is 0.341 e. The first kappa shape index (κ1) is 22.5. The van der Waals surface area contributed by atoms with Gasteiger partial charge in [0.25, 0.3) is 0 Å². The Morgan fingerprint density at radius 3 is 2.21 bits per heavy atom. The number of aryl methyl sites for hydroxylation is 1. The zero-order valence-electron chi connectivity index (χ0n) is 18.1. The van der Waals surface area contributed by atoms with Gasteiger partial charge in [-0.25, -0.2) is 4.79 Å². The van der Waals surface area contributed by atoms with E-state index in [1.54, 1.807) is 0 Å². The minimum atomic E-state index is -0.420. The van der Waals surface area contributed by atoms with Crippen LogP contribution in [-0.2, 0) is 4.74 Å². The van der Waals surface area contributed by atoms with Crippen molar-refractivity contribution in [3.8, 4) is 22.6 Å². The van der Waals surface area contributed by atoms with Gasteiger partial charge in [0.15, 0.2) is 10.9 Å². The number of carbonyl (C=O) groups is 1. The molecule has 0 fully saturated rings. The Balaban J connectivity index is 1.60. The monoisotopic (exact) mass is 474 g/mol. The summed E-state index contributed by atoms with van der Waals surface area (Å²) in [6.45, 7) is 1.98. The summed E-state index contributed by atoms with van der Waals surface area (Å²) in [7, 11) is 1.38. The SMILES string of the molecule is COC(=O)c1c(NC(=S)Nc2ccccc2Oc2ccccc2)sc(C)c1-c1ccccc1. The first-order valence-corrected chi connectivity index (χ1v) is 11.5. The number of nitrogens with one attached hydrogen (secondary N) is 2. The number of para-hydroxylation sites is 3. The topological polar surface area (TPSA) is 59.6 Å². The molecular weight excluding hydrogens is 452 g/mol. The molecule has 0 aliphatic carbocycles. The summed E-state index contributed by atoms with van der Waals surface area (Å²) >= 11 is 7.03. The van der Waals surface area contributed by atoms with Crippen molar-refractivity contribution in [2.24, 2.45) is 0 Å². The molecule has 2 N–H and O–H groups in total. The Labute approximate surface area is 202 Å². The lowest BCUT2D eigenvalue weighted by atomic mass is 10.0. The number of rotatable bonds is 6. The summed E-state index contributed by atoms with van der Waals surface area (Å²) in [5.41, 5.74) is 2.95. The van der Waals surface area contributed by atoms with Gasteiger partial charge >= 0.3 is 5.97 Å². The third-order valence-electron chi connectivity index (χ3n) is 4.87. The Kier molecular flexibility index (Phi) is 7.02. The van der Waals surface area contributed by atoms with E-state index < -0.39 is 5.97 Å². The van der Waals surface area contributed by atoms with Crippen LogP contribution in [0.3, 0.4) is 0 Å². The van der Waals surface area contributed by atoms with E-state index in [1.165, 1.54) is 18.4 Å². The Bertz CT molecular complexity index is 1270. The molecule has 7 heteroatoms. The number of thiophene rings is 1. The average molecular weight is 475 g/mol. The van der Waals surface area contributed by atoms with Gasteiger partial charge in [-0.15, -0.1) is 11.3 Å². The third-order valence-corrected chi connectivity index (χ3v) is 6.09. The number of carbonyl (C=O) groups excluding carboxylic acids is 1. The Morgan fingerprint density at radius 1 is 0.879 bits per heavy atom. The number of ether oxygens (including phenoxy) is 2. The summed E-state index contributed by atoms with van der Waals surface area (Å²) in [6, 6.07) is 26.8. The molecule has 4 rings (SSSR count). The largest absolute Gasteiger partial charge is 0.465 e. The summed E-state index contributed by atoms with van der Waals surface area (Å²) in [5.74, 6) is 0.935. The molecule has 1 heterocycles. The first-order chi connectivity index (χ1) is 16.1. The number of anilines is 2. The van der Waals surface area contributed by atoms with E-state index in [1.807, 2.05) is 91.9 Å². The predicted molar refractivity (Wildman–Crippen MR) is 139 cm³/mol. The van der Waals surface area contributed by atoms with E-state index in [-0.39, 0.29) is 0 Å². The van der Waals surface area contributed by atoms with Crippen LogP contribution < -0.4 is 15.4 Å². The fraction of sp³-hybridized carbons (Fsp3) is 0.0769. The van der Waals surface area contributed by atoms with E-state index in [0.29, 0.717) is 27.1 Å². The lowest BCUT2D eigenvalue weighted by Crippen LogP contribution is -2.20. The molecule has 0 atom stereocenters. The number of methoxy groups -OCH3 is 1. The zero-order chi connectivity index (χ0) is 23.2. The lowest BCUT2D eigenvalue weighted by molar-refractivity contribution is 0.0603. The molecule has 0 saturated heterocycles. The van der Waals surface area contributed by atoms with Crippen LogP contribution in [0, 0.1) is 6.92 Å². The van der Waals surface area contributed by atoms with Crippen molar-refractivity contribution >= 4 is 45.3 Å². The van der Waals surface area contributed by atoms with Crippen molar-refractivity contribution in [1.29, 1.82) is 0 Å². The molecule has 5 nitrogen and oxygen atoms in total. The van der Waals surface area contributed by atoms with E-state index in [9.17, 15) is 4.79 Å². The molecule has 0 radical (unpaired) electrons. The molecule has 0 unspecified atom stereocenters. The molecule has 0 amide bonds. The van der Waals surface area contributed by atoms with Gasteiger partial charge in [0.2, 0.25) is 0 Å². The maximum atomic E-state index is 12.7. The second-order valence-electron chi connectivity index (χ2n) is 7.09. The second-order valence-corrected chi connectivity index (χ2v) is 8.72. The van der Waals surface area contributed by atoms with Crippen LogP contribution in [0.1, 0.15) is 15.2 Å². The fourth-order valence-electron chi connectivity index (χ4n) is 3.41. The molecule has 0 spiro atoms. The standard InChI is InChI=1S/C26H22N2O3S2/c1-17-22(18-11-5-3-6-12-18)23(25(29)30-2)24(33-17)28-26(32)27-20-15-9-10-16-21(20)31-19-13-7-4-8-14-19/h3-16H,1-2H3,(H2,27,28,32). The van der Waals surface area contributed by atoms with Gasteiger partial charge in [-0.3, -0.25) is 0 Å². The highest BCUT2D eigenvalue weighted by Crippen LogP contribution is 2.40. The summed E-state index contributed by atoms with van der Waals surface area (Å²) in [5, 5.41) is 7.32. The van der Waals surface area contributed by atoms with Crippen molar-refractivity contribution in [1.82, 2.24) is 0 Å². The summed E-state index contributed by atoms with van der Waals surface area (Å²) in [4.78, 5) is 13.7. The summed E-state index contributed by atoms with van der Waals surface area (Å²) < 4.78 is 11.1. The van der Waals surface area contributed by atoms with Gasteiger partial charge in [-0.1, -0.05) is 60.7 Å². The van der Waals surface area contributed by atoms with Gasteiger partial charge < -0.3 is 20.1 Å². The number of hydrogen-bond donors (Lipinski definition) is 2. The van der Waals surface area contributed by atoms with E-state index in [4.69, 9.17) is 21.7 Å². The van der Waals surface area contributed by atoms with Crippen LogP contribution in [0.15, 0.2) is 84.9 Å². The van der Waals surface area contributed by atoms with Crippen LogP contribution in [0.2, 0.25) is 0 Å². The Hall–Kier alpha value is -3.68. The molecule has 4 aromatic rings. The van der Waals surface area contributed by atoms with Gasteiger partial charge in [0.1, 0.15) is 16.3 Å². The van der Waals surface area contributed by atoms with Crippen LogP contribution >= 0.6 is 23.6 Å². The maximum Gasteiger partial charge on any atom is 0.341 e. The van der Waals surface area contributed by atoms with E-state index >= 15 is 0 Å². The first-order valence-electron chi connectivity index (χ1n) is 10.2. The van der Waals surface area contributed by atoms with Crippen molar-refractivity contribution in [3.63, 3.8) is 0 Å². The molecule has 166 valence electrons. The van der Waals surface area contributed by atoms with Crippen LogP contribution in [-0.4, -0.2) is 18.2 Å². The molecule has 0 aliphatic rings. The van der Waals surface area contributed by atoms with Crippen LogP contribution in [0.25, 0.3) is 11.1 Å². The lowest BCUT2D eigenvalue weighted by Gasteiger charge is -2.15. The molecule has 3 aromatic carbocycles. The van der Waals surface area contributed by atoms with Crippen molar-refractivity contribution in [2.75, 3.05) is 17.7 Å². The van der Waals surface area contributed by atoms with Gasteiger partial charge in [-0.05, 0) is 49.0 Å². The molecular formula is C26H22N2O3S2. The van der Waals surface area contributed by atoms with Gasteiger partial charge in [0, 0.05) is 10.4 Å². The minimum Gasteiger partial charge on any atom is -0.465 e. The fourth-order valence-corrected chi connectivity index (χ4v) is 4.76. The van der Waals surface area contributed by atoms with Gasteiger partial charge in [-0.2, -0.15) is 0 Å². The third kappa shape index (κ3) is 5.22. The van der Waals surface area contributed by atoms with Crippen LogP contribution in [0.4, 0.5) is 10.7 Å². The number of esters is 1. The molecule has 0 saturated carbocycles. The second kappa shape index (κ2) is 10.3. The van der Waals surface area contributed by atoms with Crippen LogP contribution in [0.5, 0.6) is 11.5 Å². The molecule has 33 heavy (non-hydrogen) atoms. The molecule has 0 bridgehead atoms. The number of hydrogen-bond acceptors (Lipinski definition) is 5. The normalized spacial score (nSPS) is 10.4. The minimum absolute atomic E-state index is 0.338. The maximum absolute atomic E-state index is 12.7. The average Bonchev–Trinajstić information content (AvgIpc) is 3.16. The quantitative estimate of drug-likeness (QED) is 0.229. The molecule has 1 aromatic heterocycles. The van der Waals surface area contributed by atoms with Gasteiger partial charge in [0.05, 0.1) is 12.8 Å². The number of thiocarbonyl (C=S) groups is 1. The summed E-state index contributed by atoms with van der Waals surface area (Å²) in [6.07, 6.45) is 0. The van der Waals surface area contributed by atoms with E-state index in [2.05, 4.69) is 10.6 Å². The van der Waals surface area contributed by atoms with Crippen molar-refractivity contribution < 1.29 is 14.3 Å². The number of benzene rings is 3.